The smallest absolute Gasteiger partial charge is 0.224 e. The third-order valence-electron chi connectivity index (χ3n) is 5.33. The Labute approximate surface area is 180 Å². The van der Waals surface area contributed by atoms with E-state index in [0.29, 0.717) is 30.3 Å². The fourth-order valence-corrected chi connectivity index (χ4v) is 4.80. The summed E-state index contributed by atoms with van der Waals surface area (Å²) in [6.45, 7) is 4.19. The van der Waals surface area contributed by atoms with Gasteiger partial charge >= 0.3 is 0 Å². The maximum atomic E-state index is 12.4. The fraction of sp³-hybridized carbons (Fsp3) is 0.409. The summed E-state index contributed by atoms with van der Waals surface area (Å²) >= 11 is 1.58. The van der Waals surface area contributed by atoms with Crippen molar-refractivity contribution in [3.63, 3.8) is 0 Å². The molecule has 3 heterocycles. The molecule has 1 aromatic carbocycles. The lowest BCUT2D eigenvalue weighted by Crippen LogP contribution is -2.29. The minimum Gasteiger partial charge on any atom is -0.493 e. The highest BCUT2D eigenvalue weighted by atomic mass is 32.1. The Kier molecular flexibility index (Phi) is 6.03. The standard InChI is InChI=1S/C22H26N4O3S/c1-14-24-21(23-9-8-19(27)26-10-4-5-11-26)20-16(13-30-22(20)25-14)15-6-7-17(28-2)18(12-15)29-3/h6-7,12-13H,4-5,8-11H2,1-3H3,(H,23,24,25). The largest absolute Gasteiger partial charge is 0.493 e. The number of aryl methyl sites for hydroxylation is 1. The van der Waals surface area contributed by atoms with E-state index in [1.807, 2.05) is 30.0 Å². The molecule has 1 fully saturated rings. The van der Waals surface area contributed by atoms with Crippen molar-refractivity contribution in [2.24, 2.45) is 0 Å². The number of rotatable bonds is 7. The number of hydrogen-bond acceptors (Lipinski definition) is 7. The summed E-state index contributed by atoms with van der Waals surface area (Å²) in [4.78, 5) is 24.5. The quantitative estimate of drug-likeness (QED) is 0.613. The fourth-order valence-electron chi connectivity index (χ4n) is 3.81. The van der Waals surface area contributed by atoms with Gasteiger partial charge in [-0.2, -0.15) is 0 Å². The van der Waals surface area contributed by atoms with Crippen molar-refractivity contribution in [1.29, 1.82) is 0 Å². The van der Waals surface area contributed by atoms with Crippen molar-refractivity contribution < 1.29 is 14.3 Å². The molecule has 3 aromatic rings. The molecule has 0 spiro atoms. The summed E-state index contributed by atoms with van der Waals surface area (Å²) in [5, 5.41) is 6.43. The van der Waals surface area contributed by atoms with E-state index >= 15 is 0 Å². The Morgan fingerprint density at radius 3 is 2.67 bits per heavy atom. The average Bonchev–Trinajstić information content (AvgIpc) is 3.43. The van der Waals surface area contributed by atoms with E-state index in [1.165, 1.54) is 0 Å². The summed E-state index contributed by atoms with van der Waals surface area (Å²) in [6, 6.07) is 5.86. The molecule has 0 bridgehead atoms. The van der Waals surface area contributed by atoms with Gasteiger partial charge in [-0.25, -0.2) is 9.97 Å². The first-order chi connectivity index (χ1) is 14.6. The highest BCUT2D eigenvalue weighted by Gasteiger charge is 2.19. The van der Waals surface area contributed by atoms with Crippen LogP contribution in [0.2, 0.25) is 0 Å². The van der Waals surface area contributed by atoms with Crippen LogP contribution in [-0.4, -0.2) is 54.6 Å². The molecule has 0 unspecified atom stereocenters. The van der Waals surface area contributed by atoms with Gasteiger partial charge in [0.25, 0.3) is 0 Å². The van der Waals surface area contributed by atoms with E-state index in [4.69, 9.17) is 9.47 Å². The Morgan fingerprint density at radius 1 is 1.17 bits per heavy atom. The molecule has 158 valence electrons. The van der Waals surface area contributed by atoms with E-state index in [1.54, 1.807) is 25.6 Å². The van der Waals surface area contributed by atoms with Crippen LogP contribution >= 0.6 is 11.3 Å². The van der Waals surface area contributed by atoms with Crippen LogP contribution in [-0.2, 0) is 4.79 Å². The zero-order valence-corrected chi connectivity index (χ0v) is 18.3. The number of amides is 1. The molecule has 0 atom stereocenters. The average molecular weight is 427 g/mol. The number of fused-ring (bicyclic) bond motifs is 1. The summed E-state index contributed by atoms with van der Waals surface area (Å²) in [7, 11) is 3.25. The molecule has 4 rings (SSSR count). The monoisotopic (exact) mass is 426 g/mol. The number of aromatic nitrogens is 2. The molecule has 0 radical (unpaired) electrons. The second kappa shape index (κ2) is 8.87. The third kappa shape index (κ3) is 4.05. The van der Waals surface area contributed by atoms with Crippen LogP contribution in [0.5, 0.6) is 11.5 Å². The molecule has 7 nitrogen and oxygen atoms in total. The summed E-state index contributed by atoms with van der Waals surface area (Å²) in [5.41, 5.74) is 2.03. The predicted octanol–water partition coefficient (Wildman–Crippen LogP) is 4.11. The van der Waals surface area contributed by atoms with Crippen LogP contribution in [0.15, 0.2) is 23.6 Å². The maximum absolute atomic E-state index is 12.4. The van der Waals surface area contributed by atoms with Crippen molar-refractivity contribution >= 4 is 33.3 Å². The van der Waals surface area contributed by atoms with Gasteiger partial charge in [-0.1, -0.05) is 6.07 Å². The van der Waals surface area contributed by atoms with Crippen LogP contribution < -0.4 is 14.8 Å². The lowest BCUT2D eigenvalue weighted by molar-refractivity contribution is -0.129. The number of anilines is 1. The van der Waals surface area contributed by atoms with Gasteiger partial charge in [-0.3, -0.25) is 4.79 Å². The zero-order chi connectivity index (χ0) is 21.1. The van der Waals surface area contributed by atoms with Gasteiger partial charge in [0.05, 0.1) is 19.6 Å². The van der Waals surface area contributed by atoms with E-state index in [9.17, 15) is 4.79 Å². The van der Waals surface area contributed by atoms with Crippen molar-refractivity contribution in [3.05, 3.63) is 29.4 Å². The Morgan fingerprint density at radius 2 is 1.93 bits per heavy atom. The number of hydrogen-bond donors (Lipinski definition) is 1. The lowest BCUT2D eigenvalue weighted by atomic mass is 10.1. The highest BCUT2D eigenvalue weighted by molar-refractivity contribution is 7.17. The van der Waals surface area contributed by atoms with Gasteiger partial charge in [-0.05, 0) is 37.5 Å². The number of likely N-dealkylation sites (tertiary alicyclic amines) is 1. The van der Waals surface area contributed by atoms with Gasteiger partial charge in [-0.15, -0.1) is 11.3 Å². The minimum atomic E-state index is 0.201. The van der Waals surface area contributed by atoms with E-state index < -0.39 is 0 Å². The molecular weight excluding hydrogens is 400 g/mol. The van der Waals surface area contributed by atoms with Crippen molar-refractivity contribution in [3.8, 4) is 22.6 Å². The number of nitrogens with one attached hydrogen (secondary N) is 1. The SMILES string of the molecule is COc1ccc(-c2csc3nc(C)nc(NCCC(=O)N4CCCC4)c23)cc1OC. The Bertz CT molecular complexity index is 1060. The van der Waals surface area contributed by atoms with Crippen LogP contribution in [0.4, 0.5) is 5.82 Å². The first-order valence-electron chi connectivity index (χ1n) is 10.1. The number of methoxy groups -OCH3 is 2. The normalized spacial score (nSPS) is 13.6. The molecule has 0 saturated carbocycles. The molecule has 1 saturated heterocycles. The number of benzene rings is 1. The first kappa shape index (κ1) is 20.4. The topological polar surface area (TPSA) is 76.6 Å². The molecule has 1 N–H and O–H groups in total. The predicted molar refractivity (Wildman–Crippen MR) is 120 cm³/mol. The maximum Gasteiger partial charge on any atom is 0.224 e. The molecule has 1 aliphatic heterocycles. The molecule has 1 amide bonds. The molecule has 2 aromatic heterocycles. The van der Waals surface area contributed by atoms with Gasteiger partial charge in [0.15, 0.2) is 11.5 Å². The minimum absolute atomic E-state index is 0.201. The Balaban J connectivity index is 1.62. The molecular formula is C22H26N4O3S. The number of ether oxygens (including phenoxy) is 2. The van der Waals surface area contributed by atoms with Crippen LogP contribution in [0.25, 0.3) is 21.3 Å². The summed E-state index contributed by atoms with van der Waals surface area (Å²) < 4.78 is 10.8. The molecule has 30 heavy (non-hydrogen) atoms. The van der Waals surface area contributed by atoms with Gasteiger partial charge < -0.3 is 19.7 Å². The second-order valence-electron chi connectivity index (χ2n) is 7.28. The van der Waals surface area contributed by atoms with Gasteiger partial charge in [0, 0.05) is 37.0 Å². The van der Waals surface area contributed by atoms with Crippen LogP contribution in [0.3, 0.4) is 0 Å². The molecule has 8 heteroatoms. The number of carbonyl (C=O) groups is 1. The van der Waals surface area contributed by atoms with E-state index in [0.717, 1.165) is 53.1 Å². The van der Waals surface area contributed by atoms with Gasteiger partial charge in [0.1, 0.15) is 16.5 Å². The van der Waals surface area contributed by atoms with Crippen molar-refractivity contribution in [2.75, 3.05) is 39.2 Å². The highest BCUT2D eigenvalue weighted by Crippen LogP contribution is 2.40. The van der Waals surface area contributed by atoms with E-state index in [2.05, 4.69) is 20.7 Å². The lowest BCUT2D eigenvalue weighted by Gasteiger charge is -2.16. The number of nitrogens with zero attached hydrogens (tertiary/aromatic N) is 3. The van der Waals surface area contributed by atoms with Crippen LogP contribution in [0.1, 0.15) is 25.1 Å². The second-order valence-corrected chi connectivity index (χ2v) is 8.14. The van der Waals surface area contributed by atoms with Crippen molar-refractivity contribution in [2.45, 2.75) is 26.2 Å². The molecule has 1 aliphatic rings. The van der Waals surface area contributed by atoms with Crippen molar-refractivity contribution in [1.82, 2.24) is 14.9 Å². The molecule has 0 aliphatic carbocycles. The summed E-state index contributed by atoms with van der Waals surface area (Å²) in [5.74, 6) is 3.03. The number of thiophene rings is 1. The van der Waals surface area contributed by atoms with Crippen LogP contribution in [0, 0.1) is 6.92 Å². The van der Waals surface area contributed by atoms with Gasteiger partial charge in [0.2, 0.25) is 5.91 Å². The number of carbonyl (C=O) groups excluding carboxylic acids is 1. The first-order valence-corrected chi connectivity index (χ1v) is 11.0. The summed E-state index contributed by atoms with van der Waals surface area (Å²) in [6.07, 6.45) is 2.67. The van der Waals surface area contributed by atoms with E-state index in [-0.39, 0.29) is 5.91 Å². The Hall–Kier alpha value is -2.87. The zero-order valence-electron chi connectivity index (χ0n) is 17.5. The third-order valence-corrected chi connectivity index (χ3v) is 6.20.